The molecule has 3 aromatic rings. The van der Waals surface area contributed by atoms with Crippen LogP contribution in [0.25, 0.3) is 16.9 Å². The number of hydrogen-bond donors (Lipinski definition) is 0. The summed E-state index contributed by atoms with van der Waals surface area (Å²) in [5.41, 5.74) is 3.64. The van der Waals surface area contributed by atoms with Gasteiger partial charge in [-0.15, -0.1) is 17.0 Å². The molecular formula is C20H20Br2ClN2+. The molecule has 0 amide bonds. The molecule has 1 aliphatic rings. The molecule has 0 N–H and O–H groups in total. The third kappa shape index (κ3) is 3.86. The average Bonchev–Trinajstić information content (AvgIpc) is 2.79. The molecule has 5 heteroatoms. The Bertz CT molecular complexity index is 855. The van der Waals surface area contributed by atoms with Gasteiger partial charge in [0.25, 0.3) is 5.82 Å². The van der Waals surface area contributed by atoms with Gasteiger partial charge in [-0.1, -0.05) is 27.5 Å². The van der Waals surface area contributed by atoms with Crippen LogP contribution in [0.3, 0.4) is 0 Å². The Morgan fingerprint density at radius 1 is 0.920 bits per heavy atom. The minimum absolute atomic E-state index is 0. The lowest BCUT2D eigenvalue weighted by molar-refractivity contribution is -0.702. The molecule has 0 fully saturated rings. The third-order valence-corrected chi connectivity index (χ3v) is 5.41. The van der Waals surface area contributed by atoms with Crippen molar-refractivity contribution in [2.45, 2.75) is 32.2 Å². The molecule has 0 saturated carbocycles. The van der Waals surface area contributed by atoms with E-state index in [4.69, 9.17) is 11.6 Å². The van der Waals surface area contributed by atoms with Gasteiger partial charge < -0.3 is 0 Å². The van der Waals surface area contributed by atoms with Gasteiger partial charge in [-0.2, -0.15) is 4.57 Å². The van der Waals surface area contributed by atoms with Gasteiger partial charge in [-0.25, -0.2) is 4.57 Å². The second kappa shape index (κ2) is 8.07. The maximum absolute atomic E-state index is 6.10. The molecule has 1 aromatic heterocycles. The molecule has 4 rings (SSSR count). The molecule has 0 bridgehead atoms. The van der Waals surface area contributed by atoms with E-state index in [2.05, 4.69) is 67.7 Å². The maximum atomic E-state index is 6.10. The summed E-state index contributed by atoms with van der Waals surface area (Å²) in [4.78, 5) is 0. The van der Waals surface area contributed by atoms with Crippen molar-refractivity contribution < 1.29 is 4.57 Å². The molecule has 0 aliphatic carbocycles. The first kappa shape index (κ1) is 18.7. The highest BCUT2D eigenvalue weighted by Crippen LogP contribution is 2.28. The van der Waals surface area contributed by atoms with Crippen molar-refractivity contribution in [2.24, 2.45) is 0 Å². The largest absolute Gasteiger partial charge is 0.262 e. The molecule has 2 heterocycles. The minimum atomic E-state index is 0. The first-order chi connectivity index (χ1) is 11.7. The van der Waals surface area contributed by atoms with Gasteiger partial charge in [0.1, 0.15) is 11.9 Å². The van der Waals surface area contributed by atoms with Crippen molar-refractivity contribution in [1.82, 2.24) is 4.57 Å². The Morgan fingerprint density at radius 2 is 1.64 bits per heavy atom. The number of benzene rings is 2. The Balaban J connectivity index is 0.00000182. The summed E-state index contributed by atoms with van der Waals surface area (Å²) in [6, 6.07) is 16.7. The number of nitrogens with zero attached hydrogens (tertiary/aromatic N) is 2. The summed E-state index contributed by atoms with van der Waals surface area (Å²) in [7, 11) is 0. The van der Waals surface area contributed by atoms with Crippen molar-refractivity contribution in [3.8, 4) is 16.9 Å². The molecule has 0 unspecified atom stereocenters. The highest BCUT2D eigenvalue weighted by molar-refractivity contribution is 9.10. The fourth-order valence-electron chi connectivity index (χ4n) is 3.44. The average molecular weight is 484 g/mol. The van der Waals surface area contributed by atoms with Gasteiger partial charge in [-0.05, 0) is 67.8 Å². The van der Waals surface area contributed by atoms with E-state index in [1.807, 2.05) is 12.1 Å². The molecule has 2 nitrogen and oxygen atoms in total. The molecule has 0 radical (unpaired) electrons. The Morgan fingerprint density at radius 3 is 2.36 bits per heavy atom. The highest BCUT2D eigenvalue weighted by Gasteiger charge is 2.26. The highest BCUT2D eigenvalue weighted by atomic mass is 79.9. The monoisotopic (exact) mass is 481 g/mol. The summed E-state index contributed by atoms with van der Waals surface area (Å²) in [6.07, 6.45) is 7.22. The molecule has 0 atom stereocenters. The van der Waals surface area contributed by atoms with Crippen LogP contribution in [0.1, 0.15) is 25.1 Å². The summed E-state index contributed by atoms with van der Waals surface area (Å²) < 4.78 is 5.93. The zero-order valence-corrected chi connectivity index (χ0v) is 17.8. The second-order valence-electron chi connectivity index (χ2n) is 6.25. The maximum Gasteiger partial charge on any atom is 0.262 e. The first-order valence-electron chi connectivity index (χ1n) is 8.38. The molecule has 25 heavy (non-hydrogen) atoms. The lowest BCUT2D eigenvalue weighted by Gasteiger charge is -2.06. The Labute approximate surface area is 172 Å². The van der Waals surface area contributed by atoms with Gasteiger partial charge >= 0.3 is 0 Å². The SMILES string of the molecule is Br.Clc1ccc(-n2c(-c3ccc(Br)cc3)c[n+]3c2CCCCC3)cc1. The van der Waals surface area contributed by atoms with Crippen LogP contribution in [0, 0.1) is 0 Å². The van der Waals surface area contributed by atoms with Gasteiger partial charge in [0.2, 0.25) is 0 Å². The van der Waals surface area contributed by atoms with E-state index in [1.165, 1.54) is 42.0 Å². The predicted octanol–water partition coefficient (Wildman–Crippen LogP) is 6.15. The molecule has 0 saturated heterocycles. The fourth-order valence-corrected chi connectivity index (χ4v) is 3.83. The Kier molecular flexibility index (Phi) is 6.03. The summed E-state index contributed by atoms with van der Waals surface area (Å²) in [5.74, 6) is 1.38. The molecular weight excluding hydrogens is 463 g/mol. The molecule has 0 spiro atoms. The van der Waals surface area contributed by atoms with Crippen LogP contribution in [0.4, 0.5) is 0 Å². The van der Waals surface area contributed by atoms with E-state index in [-0.39, 0.29) is 17.0 Å². The normalized spacial score (nSPS) is 13.7. The van der Waals surface area contributed by atoms with E-state index in [0.717, 1.165) is 22.5 Å². The number of aryl methyl sites for hydroxylation is 1. The zero-order valence-electron chi connectivity index (χ0n) is 13.8. The van der Waals surface area contributed by atoms with Crippen LogP contribution < -0.4 is 4.57 Å². The topological polar surface area (TPSA) is 8.81 Å². The minimum Gasteiger partial charge on any atom is -0.233 e. The van der Waals surface area contributed by atoms with E-state index in [9.17, 15) is 0 Å². The van der Waals surface area contributed by atoms with E-state index in [0.29, 0.717) is 0 Å². The van der Waals surface area contributed by atoms with Crippen LogP contribution in [0.5, 0.6) is 0 Å². The molecule has 2 aromatic carbocycles. The van der Waals surface area contributed by atoms with Crippen LogP contribution in [0.15, 0.2) is 59.2 Å². The Hall–Kier alpha value is -1.10. The standard InChI is InChI=1S/C20H19BrClN2.BrH/c21-16-7-5-15(6-8-16)19-14-23-13-3-1-2-4-20(23)24(19)18-11-9-17(22)10-12-18;/h5-12,14H,1-4,13H2;1H/q+1;. The van der Waals surface area contributed by atoms with Gasteiger partial charge in [-0.3, -0.25) is 0 Å². The van der Waals surface area contributed by atoms with Crippen molar-refractivity contribution in [2.75, 3.05) is 0 Å². The van der Waals surface area contributed by atoms with Crippen molar-refractivity contribution >= 4 is 44.5 Å². The second-order valence-corrected chi connectivity index (χ2v) is 7.61. The van der Waals surface area contributed by atoms with Gasteiger partial charge in [0, 0.05) is 21.5 Å². The van der Waals surface area contributed by atoms with Crippen LogP contribution >= 0.6 is 44.5 Å². The van der Waals surface area contributed by atoms with Crippen molar-refractivity contribution in [1.29, 1.82) is 0 Å². The van der Waals surface area contributed by atoms with Gasteiger partial charge in [0.05, 0.1) is 6.54 Å². The van der Waals surface area contributed by atoms with Crippen LogP contribution in [-0.4, -0.2) is 4.57 Å². The number of fused-ring (bicyclic) bond motifs is 1. The third-order valence-electron chi connectivity index (χ3n) is 4.63. The number of rotatable bonds is 2. The summed E-state index contributed by atoms with van der Waals surface area (Å²) in [5, 5.41) is 0.773. The van der Waals surface area contributed by atoms with Crippen LogP contribution in [0.2, 0.25) is 5.02 Å². The number of imidazole rings is 1. The number of halogens is 3. The molecule has 130 valence electrons. The quantitative estimate of drug-likeness (QED) is 0.387. The lowest BCUT2D eigenvalue weighted by Crippen LogP contribution is -2.35. The van der Waals surface area contributed by atoms with E-state index in [1.54, 1.807) is 0 Å². The summed E-state index contributed by atoms with van der Waals surface area (Å²) in [6.45, 7) is 1.10. The smallest absolute Gasteiger partial charge is 0.233 e. The van der Waals surface area contributed by atoms with Crippen molar-refractivity contribution in [3.63, 3.8) is 0 Å². The van der Waals surface area contributed by atoms with Crippen molar-refractivity contribution in [3.05, 3.63) is 70.0 Å². The van der Waals surface area contributed by atoms with Gasteiger partial charge in [0.15, 0.2) is 5.69 Å². The zero-order chi connectivity index (χ0) is 16.5. The fraction of sp³-hybridized carbons (Fsp3) is 0.250. The van der Waals surface area contributed by atoms with E-state index < -0.39 is 0 Å². The van der Waals surface area contributed by atoms with Crippen LogP contribution in [-0.2, 0) is 13.0 Å². The predicted molar refractivity (Wildman–Crippen MR) is 112 cm³/mol. The lowest BCUT2D eigenvalue weighted by atomic mass is 10.1. The van der Waals surface area contributed by atoms with E-state index >= 15 is 0 Å². The first-order valence-corrected chi connectivity index (χ1v) is 9.55. The number of hydrogen-bond acceptors (Lipinski definition) is 0. The number of aromatic nitrogens is 2. The molecule has 1 aliphatic heterocycles. The summed E-state index contributed by atoms with van der Waals surface area (Å²) >= 11 is 9.63.